The van der Waals surface area contributed by atoms with Gasteiger partial charge in [-0.2, -0.15) is 12.6 Å². The third-order valence-electron chi connectivity index (χ3n) is 1.50. The van der Waals surface area contributed by atoms with E-state index in [4.69, 9.17) is 25.5 Å². The Morgan fingerprint density at radius 3 is 1.37 bits per heavy atom. The molecule has 1 atom stereocenters. The molecule has 0 aliphatic heterocycles. The topological polar surface area (TPSA) is 156 Å². The molecule has 112 valence electrons. The van der Waals surface area contributed by atoms with Crippen LogP contribution in [0.4, 0.5) is 0 Å². The van der Waals surface area contributed by atoms with Crippen LogP contribution in [0.1, 0.15) is 0 Å². The summed E-state index contributed by atoms with van der Waals surface area (Å²) in [6.07, 6.45) is -0.645. The lowest BCUT2D eigenvalue weighted by atomic mass is 10.4. The predicted molar refractivity (Wildman–Crippen MR) is 66.3 cm³/mol. The molecule has 0 saturated carbocycles. The van der Waals surface area contributed by atoms with Crippen molar-refractivity contribution in [2.75, 3.05) is 32.0 Å². The van der Waals surface area contributed by atoms with E-state index in [0.29, 0.717) is 5.75 Å². The maximum atomic E-state index is 10.1. The zero-order chi connectivity index (χ0) is 15.4. The summed E-state index contributed by atoms with van der Waals surface area (Å²) >= 11 is 3.69. The summed E-state index contributed by atoms with van der Waals surface area (Å²) in [5, 5.41) is 41.2. The second kappa shape index (κ2) is 11.7. The Labute approximate surface area is 114 Å². The van der Waals surface area contributed by atoms with E-state index < -0.39 is 43.6 Å². The Hall–Kier alpha value is -1.36. The molecule has 0 aliphatic rings. The molecule has 1 unspecified atom stereocenters. The van der Waals surface area contributed by atoms with Gasteiger partial charge in [0.2, 0.25) is 0 Å². The van der Waals surface area contributed by atoms with Crippen LogP contribution in [0.15, 0.2) is 0 Å². The molecule has 0 aromatic carbocycles. The molecule has 0 heterocycles. The average molecular weight is 299 g/mol. The van der Waals surface area contributed by atoms with Crippen LogP contribution in [0.5, 0.6) is 0 Å². The van der Waals surface area contributed by atoms with E-state index in [1.165, 1.54) is 0 Å². The zero-order valence-electron chi connectivity index (χ0n) is 9.97. The Kier molecular flexibility index (Phi) is 12.3. The molecule has 0 bridgehead atoms. The van der Waals surface area contributed by atoms with Crippen LogP contribution in [-0.2, 0) is 14.4 Å². The van der Waals surface area contributed by atoms with E-state index in [1.54, 1.807) is 0 Å². The van der Waals surface area contributed by atoms with Crippen LogP contribution in [0.25, 0.3) is 0 Å². The lowest BCUT2D eigenvalue weighted by Crippen LogP contribution is -2.38. The lowest BCUT2D eigenvalue weighted by Gasteiger charge is -2.14. The van der Waals surface area contributed by atoms with Gasteiger partial charge < -0.3 is 25.5 Å². The molecular weight excluding hydrogens is 282 g/mol. The number of aliphatic hydroxyl groups excluding tert-OH is 2. The van der Waals surface area contributed by atoms with Gasteiger partial charge in [-0.05, 0) is 0 Å². The van der Waals surface area contributed by atoms with Crippen molar-refractivity contribution in [1.82, 2.24) is 4.90 Å². The summed E-state index contributed by atoms with van der Waals surface area (Å²) in [6.45, 7) is -1.99. The first-order chi connectivity index (χ1) is 8.72. The molecule has 10 heteroatoms. The zero-order valence-corrected chi connectivity index (χ0v) is 10.9. The van der Waals surface area contributed by atoms with Crippen molar-refractivity contribution in [1.29, 1.82) is 0 Å². The molecule has 19 heavy (non-hydrogen) atoms. The smallest absolute Gasteiger partial charge is 0.317 e. The lowest BCUT2D eigenvalue weighted by molar-refractivity contribution is -0.144. The fraction of sp³-hybridized carbons (Fsp3) is 0.667. The van der Waals surface area contributed by atoms with Gasteiger partial charge in [0.25, 0.3) is 0 Å². The number of carbonyl (C=O) groups is 3. The third-order valence-corrected chi connectivity index (χ3v) is 1.92. The normalized spacial score (nSPS) is 11.4. The van der Waals surface area contributed by atoms with E-state index in [0.717, 1.165) is 4.90 Å². The second-order valence-electron chi connectivity index (χ2n) is 3.35. The van der Waals surface area contributed by atoms with E-state index in [-0.39, 0.29) is 6.61 Å². The minimum Gasteiger partial charge on any atom is -0.480 e. The van der Waals surface area contributed by atoms with Gasteiger partial charge in [-0.1, -0.05) is 0 Å². The summed E-state index contributed by atoms with van der Waals surface area (Å²) in [4.78, 5) is 31.2. The number of aliphatic hydroxyl groups is 2. The van der Waals surface area contributed by atoms with Crippen LogP contribution >= 0.6 is 12.6 Å². The maximum absolute atomic E-state index is 10.1. The first kappa shape index (κ1) is 20.0. The molecule has 0 aliphatic carbocycles. The number of thiol groups is 1. The van der Waals surface area contributed by atoms with Crippen LogP contribution in [-0.4, -0.2) is 86.4 Å². The highest BCUT2D eigenvalue weighted by atomic mass is 32.1. The Balaban J connectivity index is 0. The van der Waals surface area contributed by atoms with Crippen molar-refractivity contribution in [3.05, 3.63) is 0 Å². The van der Waals surface area contributed by atoms with Crippen LogP contribution < -0.4 is 0 Å². The molecule has 5 N–H and O–H groups in total. The first-order valence-corrected chi connectivity index (χ1v) is 5.63. The predicted octanol–water partition coefficient (Wildman–Crippen LogP) is -2.19. The average Bonchev–Trinajstić information content (AvgIpc) is 2.26. The summed E-state index contributed by atoms with van der Waals surface area (Å²) in [5.41, 5.74) is 0. The highest BCUT2D eigenvalue weighted by Crippen LogP contribution is 1.87. The number of carboxylic acid groups (broad SMARTS) is 3. The summed E-state index contributed by atoms with van der Waals surface area (Å²) in [6, 6.07) is 0. The fourth-order valence-electron chi connectivity index (χ4n) is 0.799. The van der Waals surface area contributed by atoms with E-state index in [1.807, 2.05) is 0 Å². The molecule has 0 aromatic rings. The Morgan fingerprint density at radius 1 is 0.947 bits per heavy atom. The van der Waals surface area contributed by atoms with Crippen molar-refractivity contribution >= 4 is 30.5 Å². The highest BCUT2D eigenvalue weighted by molar-refractivity contribution is 7.80. The number of aliphatic carboxylic acids is 3. The minimum absolute atomic E-state index is 0.191. The fourth-order valence-corrected chi connectivity index (χ4v) is 0.915. The molecule has 0 amide bonds. The molecule has 0 aromatic heterocycles. The van der Waals surface area contributed by atoms with Gasteiger partial charge in [-0.15, -0.1) is 0 Å². The molecule has 0 saturated heterocycles. The van der Waals surface area contributed by atoms with Gasteiger partial charge in [-0.25, -0.2) is 0 Å². The number of hydrogen-bond donors (Lipinski definition) is 6. The highest BCUT2D eigenvalue weighted by Gasteiger charge is 2.15. The Bertz CT molecular complexity index is 256. The van der Waals surface area contributed by atoms with Gasteiger partial charge in [0.05, 0.1) is 32.3 Å². The van der Waals surface area contributed by atoms with Crippen LogP contribution in [0.3, 0.4) is 0 Å². The van der Waals surface area contributed by atoms with Gasteiger partial charge >= 0.3 is 17.9 Å². The van der Waals surface area contributed by atoms with Crippen LogP contribution in [0, 0.1) is 0 Å². The summed E-state index contributed by atoms with van der Waals surface area (Å²) < 4.78 is 0. The molecule has 0 radical (unpaired) electrons. The minimum atomic E-state index is -1.26. The molecule has 0 fully saturated rings. The maximum Gasteiger partial charge on any atom is 0.317 e. The van der Waals surface area contributed by atoms with Crippen molar-refractivity contribution in [3.8, 4) is 0 Å². The molecule has 9 nitrogen and oxygen atoms in total. The van der Waals surface area contributed by atoms with E-state index >= 15 is 0 Å². The number of rotatable bonds is 8. The number of nitrogens with zero attached hydrogens (tertiary/aromatic N) is 1. The van der Waals surface area contributed by atoms with Crippen molar-refractivity contribution in [2.45, 2.75) is 6.10 Å². The van der Waals surface area contributed by atoms with Crippen LogP contribution in [0.2, 0.25) is 0 Å². The summed E-state index contributed by atoms with van der Waals surface area (Å²) in [7, 11) is 0. The van der Waals surface area contributed by atoms with E-state index in [2.05, 4.69) is 12.6 Å². The standard InChI is InChI=1S/C6H9NO6.C3H8O2S/c8-4(9)1-7(2-5(10)11)3-6(12)13;4-1-3(5)2-6/h1-3H2,(H,8,9)(H,10,11)(H,12,13);3-6H,1-2H2. The molecule has 0 rings (SSSR count). The monoisotopic (exact) mass is 299 g/mol. The Morgan fingerprint density at radius 2 is 1.26 bits per heavy atom. The van der Waals surface area contributed by atoms with Gasteiger partial charge in [-0.3, -0.25) is 19.3 Å². The van der Waals surface area contributed by atoms with E-state index in [9.17, 15) is 14.4 Å². The largest absolute Gasteiger partial charge is 0.480 e. The quantitative estimate of drug-likeness (QED) is 0.274. The van der Waals surface area contributed by atoms with Crippen molar-refractivity contribution in [3.63, 3.8) is 0 Å². The van der Waals surface area contributed by atoms with Crippen molar-refractivity contribution in [2.24, 2.45) is 0 Å². The third kappa shape index (κ3) is 16.6. The van der Waals surface area contributed by atoms with Crippen molar-refractivity contribution < 1.29 is 39.9 Å². The molecule has 0 spiro atoms. The first-order valence-electron chi connectivity index (χ1n) is 5.00. The summed E-state index contributed by atoms with van der Waals surface area (Å²) in [5.74, 6) is -3.45. The number of hydrogen-bond acceptors (Lipinski definition) is 7. The SMILES string of the molecule is O=C(O)CN(CC(=O)O)CC(=O)O.OCC(O)CS. The second-order valence-corrected chi connectivity index (χ2v) is 3.71. The van der Waals surface area contributed by atoms with Gasteiger partial charge in [0.1, 0.15) is 0 Å². The van der Waals surface area contributed by atoms with Gasteiger partial charge in [0, 0.05) is 5.75 Å². The number of carboxylic acids is 3. The van der Waals surface area contributed by atoms with Gasteiger partial charge in [0.15, 0.2) is 0 Å². The molecular formula is C9H17NO8S.